The van der Waals surface area contributed by atoms with Gasteiger partial charge in [0.05, 0.1) is 20.9 Å². The van der Waals surface area contributed by atoms with Crippen LogP contribution in [0.2, 0.25) is 5.02 Å². The molecule has 3 heterocycles. The molecule has 1 saturated heterocycles. The number of piperidine rings is 1. The van der Waals surface area contributed by atoms with E-state index in [9.17, 15) is 0 Å². The molecule has 3 nitrogen and oxygen atoms in total. The molecule has 0 spiro atoms. The molecule has 0 aliphatic carbocycles. The number of fused-ring (bicyclic) bond motifs is 1. The number of rotatable bonds is 3. The van der Waals surface area contributed by atoms with Crippen LogP contribution >= 0.6 is 22.9 Å². The van der Waals surface area contributed by atoms with Gasteiger partial charge in [0, 0.05) is 23.7 Å². The van der Waals surface area contributed by atoms with Crippen LogP contribution in [0.25, 0.3) is 10.2 Å². The molecular weight excluding hydrogens is 326 g/mol. The van der Waals surface area contributed by atoms with E-state index in [1.807, 2.05) is 35.7 Å². The standard InChI is InChI=1S/C18H18ClN3S/c19-14-4-5-17-16(11-14)21-18(23-17)13-6-9-22(10-7-13)12-15-3-1-2-8-20-15/h1-5,8,11,13H,6-7,9-10,12H2. The van der Waals surface area contributed by atoms with Crippen molar-refractivity contribution < 1.29 is 0 Å². The molecule has 1 aromatic carbocycles. The Bertz CT molecular complexity index is 794. The third-order valence-electron chi connectivity index (χ3n) is 4.41. The molecule has 2 aromatic heterocycles. The number of benzene rings is 1. The summed E-state index contributed by atoms with van der Waals surface area (Å²) in [6, 6.07) is 12.1. The smallest absolute Gasteiger partial charge is 0.0970 e. The number of pyridine rings is 1. The highest BCUT2D eigenvalue weighted by molar-refractivity contribution is 7.18. The van der Waals surface area contributed by atoms with Crippen LogP contribution in [0.5, 0.6) is 0 Å². The number of nitrogens with zero attached hydrogens (tertiary/aromatic N) is 3. The summed E-state index contributed by atoms with van der Waals surface area (Å²) in [5.41, 5.74) is 2.19. The second-order valence-electron chi connectivity index (χ2n) is 6.04. The first-order chi connectivity index (χ1) is 11.3. The molecule has 3 aromatic rings. The highest BCUT2D eigenvalue weighted by Gasteiger charge is 2.23. The van der Waals surface area contributed by atoms with E-state index in [0.29, 0.717) is 5.92 Å². The van der Waals surface area contributed by atoms with E-state index >= 15 is 0 Å². The summed E-state index contributed by atoms with van der Waals surface area (Å²) >= 11 is 7.88. The average molecular weight is 344 g/mol. The largest absolute Gasteiger partial charge is 0.297 e. The van der Waals surface area contributed by atoms with Gasteiger partial charge in [-0.2, -0.15) is 0 Å². The second-order valence-corrected chi connectivity index (χ2v) is 7.53. The Hall–Kier alpha value is -1.49. The SMILES string of the molecule is Clc1ccc2sc(C3CCN(Cc4ccccn4)CC3)nc2c1. The zero-order chi connectivity index (χ0) is 15.6. The van der Waals surface area contributed by atoms with E-state index in [1.165, 1.54) is 22.5 Å². The maximum absolute atomic E-state index is 6.06. The lowest BCUT2D eigenvalue weighted by Gasteiger charge is -2.30. The number of likely N-dealkylation sites (tertiary alicyclic amines) is 1. The third kappa shape index (κ3) is 3.39. The lowest BCUT2D eigenvalue weighted by molar-refractivity contribution is 0.202. The molecule has 1 aliphatic rings. The van der Waals surface area contributed by atoms with E-state index in [4.69, 9.17) is 16.6 Å². The predicted molar refractivity (Wildman–Crippen MR) is 96.1 cm³/mol. The number of thiazole rings is 1. The van der Waals surface area contributed by atoms with Crippen molar-refractivity contribution in [3.05, 3.63) is 58.3 Å². The summed E-state index contributed by atoms with van der Waals surface area (Å²) in [6.45, 7) is 3.17. The molecule has 0 amide bonds. The summed E-state index contributed by atoms with van der Waals surface area (Å²) in [5.74, 6) is 0.575. The molecule has 0 unspecified atom stereocenters. The zero-order valence-electron chi connectivity index (χ0n) is 12.8. The molecule has 23 heavy (non-hydrogen) atoms. The summed E-state index contributed by atoms with van der Waals surface area (Å²) < 4.78 is 1.24. The molecule has 4 rings (SSSR count). The minimum absolute atomic E-state index is 0.575. The van der Waals surface area contributed by atoms with Gasteiger partial charge in [-0.15, -0.1) is 11.3 Å². The van der Waals surface area contributed by atoms with E-state index in [2.05, 4.69) is 28.1 Å². The molecule has 0 N–H and O–H groups in total. The molecule has 0 bridgehead atoms. The summed E-state index contributed by atoms with van der Waals surface area (Å²) in [7, 11) is 0. The quantitative estimate of drug-likeness (QED) is 0.688. The molecule has 0 atom stereocenters. The summed E-state index contributed by atoms with van der Waals surface area (Å²) in [4.78, 5) is 11.7. The zero-order valence-corrected chi connectivity index (χ0v) is 14.4. The molecular formula is C18H18ClN3S. The number of halogens is 1. The number of hydrogen-bond acceptors (Lipinski definition) is 4. The lowest BCUT2D eigenvalue weighted by Crippen LogP contribution is -2.32. The van der Waals surface area contributed by atoms with Crippen LogP contribution in [0.4, 0.5) is 0 Å². The molecule has 0 saturated carbocycles. The minimum Gasteiger partial charge on any atom is -0.297 e. The molecule has 1 aliphatic heterocycles. The van der Waals surface area contributed by atoms with E-state index in [0.717, 1.165) is 35.9 Å². The Balaban J connectivity index is 1.42. The van der Waals surface area contributed by atoms with Crippen molar-refractivity contribution >= 4 is 33.2 Å². The van der Waals surface area contributed by atoms with Crippen LogP contribution in [0, 0.1) is 0 Å². The van der Waals surface area contributed by atoms with Gasteiger partial charge in [0.25, 0.3) is 0 Å². The van der Waals surface area contributed by atoms with Gasteiger partial charge >= 0.3 is 0 Å². The van der Waals surface area contributed by atoms with E-state index in [-0.39, 0.29) is 0 Å². The Morgan fingerprint density at radius 2 is 2.04 bits per heavy atom. The minimum atomic E-state index is 0.575. The van der Waals surface area contributed by atoms with Crippen LogP contribution in [0.3, 0.4) is 0 Å². The first-order valence-corrected chi connectivity index (χ1v) is 9.15. The average Bonchev–Trinajstić information content (AvgIpc) is 2.99. The van der Waals surface area contributed by atoms with Crippen LogP contribution < -0.4 is 0 Å². The predicted octanol–water partition coefficient (Wildman–Crippen LogP) is 4.72. The molecule has 5 heteroatoms. The first-order valence-electron chi connectivity index (χ1n) is 7.96. The highest BCUT2D eigenvalue weighted by atomic mass is 35.5. The molecule has 0 radical (unpaired) electrons. The van der Waals surface area contributed by atoms with Gasteiger partial charge in [-0.05, 0) is 56.3 Å². The van der Waals surface area contributed by atoms with Gasteiger partial charge in [-0.25, -0.2) is 4.98 Å². The second kappa shape index (κ2) is 6.56. The Morgan fingerprint density at radius 1 is 1.17 bits per heavy atom. The van der Waals surface area contributed by atoms with Crippen LogP contribution in [0.15, 0.2) is 42.6 Å². The van der Waals surface area contributed by atoms with Crippen molar-refractivity contribution in [2.24, 2.45) is 0 Å². The van der Waals surface area contributed by atoms with E-state index < -0.39 is 0 Å². The third-order valence-corrected chi connectivity index (χ3v) is 5.85. The fourth-order valence-corrected chi connectivity index (χ4v) is 4.44. The molecule has 1 fully saturated rings. The van der Waals surface area contributed by atoms with Crippen molar-refractivity contribution in [3.8, 4) is 0 Å². The van der Waals surface area contributed by atoms with Crippen LogP contribution in [0.1, 0.15) is 29.5 Å². The highest BCUT2D eigenvalue weighted by Crippen LogP contribution is 2.34. The van der Waals surface area contributed by atoms with Gasteiger partial charge in [-0.1, -0.05) is 17.7 Å². The van der Waals surface area contributed by atoms with Gasteiger partial charge in [0.15, 0.2) is 0 Å². The topological polar surface area (TPSA) is 29.0 Å². The fourth-order valence-electron chi connectivity index (χ4n) is 3.15. The maximum atomic E-state index is 6.06. The van der Waals surface area contributed by atoms with Gasteiger partial charge in [0.1, 0.15) is 0 Å². The van der Waals surface area contributed by atoms with Crippen LogP contribution in [-0.2, 0) is 6.54 Å². The number of hydrogen-bond donors (Lipinski definition) is 0. The van der Waals surface area contributed by atoms with Crippen molar-refractivity contribution in [2.75, 3.05) is 13.1 Å². The Morgan fingerprint density at radius 3 is 2.83 bits per heavy atom. The maximum Gasteiger partial charge on any atom is 0.0970 e. The first kappa shape index (κ1) is 15.1. The summed E-state index contributed by atoms with van der Waals surface area (Å²) in [5, 5.41) is 2.03. The van der Waals surface area contributed by atoms with Crippen molar-refractivity contribution in [1.29, 1.82) is 0 Å². The van der Waals surface area contributed by atoms with E-state index in [1.54, 1.807) is 0 Å². The van der Waals surface area contributed by atoms with Gasteiger partial charge in [0.2, 0.25) is 0 Å². The molecule has 118 valence electrons. The van der Waals surface area contributed by atoms with Gasteiger partial charge < -0.3 is 0 Å². The van der Waals surface area contributed by atoms with Crippen molar-refractivity contribution in [2.45, 2.75) is 25.3 Å². The summed E-state index contributed by atoms with van der Waals surface area (Å²) in [6.07, 6.45) is 4.20. The van der Waals surface area contributed by atoms with Crippen molar-refractivity contribution in [3.63, 3.8) is 0 Å². The number of aromatic nitrogens is 2. The Kier molecular flexibility index (Phi) is 4.29. The Labute approximate surface area is 144 Å². The van der Waals surface area contributed by atoms with Crippen molar-refractivity contribution in [1.82, 2.24) is 14.9 Å². The van der Waals surface area contributed by atoms with Gasteiger partial charge in [-0.3, -0.25) is 9.88 Å². The lowest BCUT2D eigenvalue weighted by atomic mass is 9.97. The van der Waals surface area contributed by atoms with Crippen LogP contribution in [-0.4, -0.2) is 28.0 Å². The monoisotopic (exact) mass is 343 g/mol. The normalized spacial score (nSPS) is 16.9. The fraction of sp³-hybridized carbons (Fsp3) is 0.333.